The van der Waals surface area contributed by atoms with E-state index in [-0.39, 0.29) is 12.8 Å². The third-order valence-corrected chi connectivity index (χ3v) is 10.7. The molecule has 0 aliphatic carbocycles. The number of ether oxygens (including phenoxy) is 1. The molecular formula is C48H84NO10P. The first-order valence-corrected chi connectivity index (χ1v) is 24.8. The van der Waals surface area contributed by atoms with Crippen LogP contribution in [0.2, 0.25) is 0 Å². The molecule has 0 saturated carbocycles. The summed E-state index contributed by atoms with van der Waals surface area (Å²) < 4.78 is 26.8. The Morgan fingerprint density at radius 2 is 0.967 bits per heavy atom. The molecule has 0 spiro atoms. The van der Waals surface area contributed by atoms with Gasteiger partial charge in [-0.25, -0.2) is 9.36 Å². The van der Waals surface area contributed by atoms with Crippen LogP contribution in [0.3, 0.4) is 0 Å². The maximum atomic E-state index is 12.3. The van der Waals surface area contributed by atoms with Crippen LogP contribution in [0.1, 0.15) is 194 Å². The molecule has 0 aliphatic rings. The first kappa shape index (κ1) is 57.2. The Morgan fingerprint density at radius 1 is 0.550 bits per heavy atom. The van der Waals surface area contributed by atoms with E-state index in [9.17, 15) is 34.1 Å². The molecule has 11 nitrogen and oxygen atoms in total. The van der Waals surface area contributed by atoms with E-state index in [2.05, 4.69) is 79.9 Å². The smallest absolute Gasteiger partial charge is 0.472 e. The number of phosphoric acid groups is 1. The Balaban J connectivity index is 3.91. The molecule has 1 amide bonds. The highest BCUT2D eigenvalue weighted by molar-refractivity contribution is 7.47. The van der Waals surface area contributed by atoms with Gasteiger partial charge >= 0.3 is 19.8 Å². The lowest BCUT2D eigenvalue weighted by Crippen LogP contribution is -2.43. The van der Waals surface area contributed by atoms with Crippen LogP contribution in [0.15, 0.2) is 60.8 Å². The lowest BCUT2D eigenvalue weighted by Gasteiger charge is -2.18. The van der Waals surface area contributed by atoms with Crippen LogP contribution in [0.5, 0.6) is 0 Å². The van der Waals surface area contributed by atoms with E-state index < -0.39 is 57.6 Å². The van der Waals surface area contributed by atoms with Gasteiger partial charge in [-0.3, -0.25) is 18.6 Å². The number of phosphoric ester groups is 1. The molecule has 0 radical (unpaired) electrons. The molecule has 0 aliphatic heterocycles. The number of carboxylic acids is 1. The van der Waals surface area contributed by atoms with Crippen molar-refractivity contribution in [2.45, 2.75) is 206 Å². The fourth-order valence-corrected chi connectivity index (χ4v) is 6.96. The zero-order valence-electron chi connectivity index (χ0n) is 37.5. The number of allylic oxidation sites excluding steroid dienone is 10. The topological polar surface area (TPSA) is 169 Å². The minimum absolute atomic E-state index is 0.140. The van der Waals surface area contributed by atoms with Crippen LogP contribution >= 0.6 is 7.82 Å². The third-order valence-electron chi connectivity index (χ3n) is 9.79. The van der Waals surface area contributed by atoms with Crippen molar-refractivity contribution >= 4 is 25.7 Å². The van der Waals surface area contributed by atoms with E-state index in [0.29, 0.717) is 12.8 Å². The second kappa shape index (κ2) is 42.9. The number of nitrogens with one attached hydrogen (secondary N) is 1. The summed E-state index contributed by atoms with van der Waals surface area (Å²) in [5.41, 5.74) is 0. The minimum atomic E-state index is -4.77. The van der Waals surface area contributed by atoms with E-state index in [4.69, 9.17) is 13.8 Å². The van der Waals surface area contributed by atoms with Crippen LogP contribution in [0.4, 0.5) is 0 Å². The highest BCUT2D eigenvalue weighted by atomic mass is 31.2. The van der Waals surface area contributed by atoms with E-state index in [1.165, 1.54) is 96.3 Å². The molecular weight excluding hydrogens is 781 g/mol. The molecule has 12 heteroatoms. The summed E-state index contributed by atoms with van der Waals surface area (Å²) in [6.45, 7) is 2.44. The lowest BCUT2D eigenvalue weighted by molar-refractivity contribution is -0.147. The molecule has 0 heterocycles. The summed E-state index contributed by atoms with van der Waals surface area (Å²) in [7, 11) is -4.77. The molecule has 0 aromatic rings. The molecule has 0 bridgehead atoms. The van der Waals surface area contributed by atoms with Crippen molar-refractivity contribution in [3.8, 4) is 0 Å². The second-order valence-corrected chi connectivity index (χ2v) is 17.0. The van der Waals surface area contributed by atoms with Gasteiger partial charge in [-0.1, -0.05) is 164 Å². The van der Waals surface area contributed by atoms with Crippen molar-refractivity contribution in [2.24, 2.45) is 0 Å². The van der Waals surface area contributed by atoms with Crippen molar-refractivity contribution in [3.05, 3.63) is 60.8 Å². The normalized spacial score (nSPS) is 14.2. The summed E-state index contributed by atoms with van der Waals surface area (Å²) in [6, 6.07) is -1.55. The van der Waals surface area contributed by atoms with E-state index >= 15 is 0 Å². The summed E-state index contributed by atoms with van der Waals surface area (Å²) in [4.78, 5) is 46.0. The van der Waals surface area contributed by atoms with Crippen LogP contribution in [0, 0.1) is 0 Å². The van der Waals surface area contributed by atoms with Gasteiger partial charge in [0.2, 0.25) is 5.91 Å². The molecule has 0 rings (SSSR count). The molecule has 0 aromatic heterocycles. The number of carbonyl (C=O) groups excluding carboxylic acids is 2. The third kappa shape index (κ3) is 41.9. The molecule has 0 fully saturated rings. The van der Waals surface area contributed by atoms with Crippen molar-refractivity contribution < 1.29 is 47.8 Å². The SMILES string of the molecule is CC/C=C\C/C=C\C/C=C\C/C=C\CCCCC(=O)OCC(O)COP(=O)(O)OCC(NC(=O)CCCCCCCCCCCCC/C=C/CCCCCCCC)C(=O)O. The summed E-state index contributed by atoms with van der Waals surface area (Å²) in [5.74, 6) is -2.42. The first-order chi connectivity index (χ1) is 29.1. The lowest BCUT2D eigenvalue weighted by atomic mass is 10.0. The van der Waals surface area contributed by atoms with E-state index in [1.807, 2.05) is 0 Å². The number of aliphatic hydroxyl groups is 1. The minimum Gasteiger partial charge on any atom is -0.480 e. The van der Waals surface area contributed by atoms with E-state index in [1.54, 1.807) is 0 Å². The van der Waals surface area contributed by atoms with Gasteiger partial charge in [-0.2, -0.15) is 0 Å². The number of hydrogen-bond donors (Lipinski definition) is 4. The Morgan fingerprint density at radius 3 is 1.48 bits per heavy atom. The highest BCUT2D eigenvalue weighted by Gasteiger charge is 2.28. The van der Waals surface area contributed by atoms with Crippen LogP contribution in [0.25, 0.3) is 0 Å². The zero-order valence-corrected chi connectivity index (χ0v) is 38.4. The highest BCUT2D eigenvalue weighted by Crippen LogP contribution is 2.43. The van der Waals surface area contributed by atoms with Gasteiger partial charge in [0.25, 0.3) is 0 Å². The average Bonchev–Trinajstić information content (AvgIpc) is 3.22. The number of aliphatic hydroxyl groups excluding tert-OH is 1. The Labute approximate surface area is 364 Å². The van der Waals surface area contributed by atoms with Gasteiger partial charge < -0.3 is 25.2 Å². The van der Waals surface area contributed by atoms with Gasteiger partial charge in [0.15, 0.2) is 6.04 Å². The predicted molar refractivity (Wildman–Crippen MR) is 245 cm³/mol. The van der Waals surface area contributed by atoms with Gasteiger partial charge in [0.1, 0.15) is 12.7 Å². The first-order valence-electron chi connectivity index (χ1n) is 23.3. The van der Waals surface area contributed by atoms with Crippen molar-refractivity contribution in [1.29, 1.82) is 0 Å². The van der Waals surface area contributed by atoms with Gasteiger partial charge in [-0.15, -0.1) is 0 Å². The molecule has 4 N–H and O–H groups in total. The largest absolute Gasteiger partial charge is 0.480 e. The molecule has 3 unspecified atom stereocenters. The Hall–Kier alpha value is -2.82. The average molecular weight is 866 g/mol. The number of rotatable bonds is 43. The standard InChI is InChI=1S/C48H84NO10P/c1-3-5-7-9-11-13-15-17-19-20-21-22-23-24-26-27-29-31-33-35-37-39-46(51)49-45(48(53)54)43-59-60(55,56)58-42-44(50)41-57-47(52)40-38-36-34-32-30-28-25-18-16-14-12-10-8-6-4-2/h6,8,12,14,17-19,25,30,32,44-45,50H,3-5,7,9-11,13,15-16,20-24,26-29,31,33-43H2,1-2H3,(H,49,51)(H,53,54)(H,55,56)/b8-6-,14-12-,19-17+,25-18-,32-30-. The number of hydrogen-bond acceptors (Lipinski definition) is 8. The van der Waals surface area contributed by atoms with Crippen LogP contribution < -0.4 is 5.32 Å². The number of aliphatic carboxylic acids is 1. The summed E-state index contributed by atoms with van der Waals surface area (Å²) in [6.07, 6.45) is 49.6. The predicted octanol–water partition coefficient (Wildman–Crippen LogP) is 12.3. The monoisotopic (exact) mass is 866 g/mol. The maximum Gasteiger partial charge on any atom is 0.472 e. The Kier molecular flexibility index (Phi) is 40.8. The fourth-order valence-electron chi connectivity index (χ4n) is 6.18. The number of esters is 1. The van der Waals surface area contributed by atoms with Gasteiger partial charge in [0, 0.05) is 12.8 Å². The molecule has 346 valence electrons. The van der Waals surface area contributed by atoms with Crippen LogP contribution in [-0.2, 0) is 32.7 Å². The summed E-state index contributed by atoms with van der Waals surface area (Å²) >= 11 is 0. The Bertz CT molecular complexity index is 1250. The van der Waals surface area contributed by atoms with Gasteiger partial charge in [-0.05, 0) is 77.0 Å². The maximum absolute atomic E-state index is 12.3. The second-order valence-electron chi connectivity index (χ2n) is 15.6. The molecule has 60 heavy (non-hydrogen) atoms. The molecule has 0 saturated heterocycles. The number of unbranched alkanes of at least 4 members (excludes halogenated alkanes) is 19. The van der Waals surface area contributed by atoms with Crippen molar-refractivity contribution in [3.63, 3.8) is 0 Å². The van der Waals surface area contributed by atoms with Crippen molar-refractivity contribution in [2.75, 3.05) is 19.8 Å². The van der Waals surface area contributed by atoms with Crippen molar-refractivity contribution in [1.82, 2.24) is 5.32 Å². The molecule has 3 atom stereocenters. The fraction of sp³-hybridized carbons (Fsp3) is 0.729. The zero-order chi connectivity index (χ0) is 44.2. The van der Waals surface area contributed by atoms with E-state index in [0.717, 1.165) is 57.8 Å². The summed E-state index contributed by atoms with van der Waals surface area (Å²) in [5, 5.41) is 21.9. The number of carboxylic acid groups (broad SMARTS) is 1. The molecule has 0 aromatic carbocycles. The quantitative estimate of drug-likeness (QED) is 0.0200. The van der Waals surface area contributed by atoms with Gasteiger partial charge in [0.05, 0.1) is 13.2 Å². The number of amides is 1. The number of carbonyl (C=O) groups is 3. The van der Waals surface area contributed by atoms with Crippen LogP contribution in [-0.4, -0.2) is 64.9 Å².